The lowest BCUT2D eigenvalue weighted by Gasteiger charge is -2.17. The van der Waals surface area contributed by atoms with Crippen molar-refractivity contribution in [2.45, 2.75) is 19.9 Å². The molecule has 1 aliphatic rings. The maximum Gasteiger partial charge on any atom is 0.263 e. The Bertz CT molecular complexity index is 541. The van der Waals surface area contributed by atoms with E-state index in [1.54, 1.807) is 19.9 Å². The van der Waals surface area contributed by atoms with Gasteiger partial charge in [0.15, 0.2) is 0 Å². The fraction of sp³-hybridized carbons (Fsp3) is 0.273. The van der Waals surface area contributed by atoms with Gasteiger partial charge in [-0.2, -0.15) is 0 Å². The van der Waals surface area contributed by atoms with Crippen molar-refractivity contribution in [3.8, 4) is 0 Å². The molecule has 0 unspecified atom stereocenters. The van der Waals surface area contributed by atoms with Crippen LogP contribution in [0.2, 0.25) is 0 Å². The van der Waals surface area contributed by atoms with Gasteiger partial charge >= 0.3 is 0 Å². The average molecular weight is 362 g/mol. The van der Waals surface area contributed by atoms with Crippen molar-refractivity contribution < 1.29 is 9.59 Å². The van der Waals surface area contributed by atoms with E-state index in [1.165, 1.54) is 4.90 Å². The molecule has 6 heteroatoms. The van der Waals surface area contributed by atoms with Crippen LogP contribution >= 0.6 is 31.9 Å². The zero-order valence-electron chi connectivity index (χ0n) is 9.25. The highest BCUT2D eigenvalue weighted by molar-refractivity contribution is 9.11. The highest BCUT2D eigenvalue weighted by Crippen LogP contribution is 2.38. The molecule has 17 heavy (non-hydrogen) atoms. The van der Waals surface area contributed by atoms with Crippen molar-refractivity contribution in [3.05, 3.63) is 26.1 Å². The third kappa shape index (κ3) is 1.70. The van der Waals surface area contributed by atoms with E-state index in [0.29, 0.717) is 25.8 Å². The molecule has 0 atom stereocenters. The summed E-state index contributed by atoms with van der Waals surface area (Å²) in [5.41, 5.74) is 6.97. The van der Waals surface area contributed by atoms with E-state index in [1.807, 2.05) is 0 Å². The lowest BCUT2D eigenvalue weighted by atomic mass is 10.1. The molecule has 0 bridgehead atoms. The Hall–Kier alpha value is -0.880. The summed E-state index contributed by atoms with van der Waals surface area (Å²) in [6.45, 7) is 3.60. The van der Waals surface area contributed by atoms with Crippen LogP contribution in [-0.2, 0) is 0 Å². The highest BCUT2D eigenvalue weighted by Gasteiger charge is 2.39. The number of benzene rings is 1. The van der Waals surface area contributed by atoms with Crippen LogP contribution in [0.15, 0.2) is 15.0 Å². The molecule has 4 nitrogen and oxygen atoms in total. The van der Waals surface area contributed by atoms with Crippen molar-refractivity contribution in [2.24, 2.45) is 0 Å². The predicted molar refractivity (Wildman–Crippen MR) is 71.9 cm³/mol. The molecular formula is C11H10Br2N2O2. The molecule has 0 aromatic heterocycles. The number of carbonyl (C=O) groups excluding carboxylic acids is 2. The van der Waals surface area contributed by atoms with Gasteiger partial charge in [-0.15, -0.1) is 0 Å². The molecule has 0 saturated heterocycles. The molecule has 1 aromatic rings. The summed E-state index contributed by atoms with van der Waals surface area (Å²) in [5, 5.41) is 0. The molecule has 2 N–H and O–H groups in total. The van der Waals surface area contributed by atoms with E-state index >= 15 is 0 Å². The molecule has 0 aliphatic carbocycles. The minimum atomic E-state index is -0.300. The Labute approximate surface area is 115 Å². The molecule has 0 radical (unpaired) electrons. The first kappa shape index (κ1) is 12.6. The average Bonchev–Trinajstić information content (AvgIpc) is 2.48. The van der Waals surface area contributed by atoms with E-state index in [4.69, 9.17) is 5.73 Å². The Morgan fingerprint density at radius 3 is 2.35 bits per heavy atom. The summed E-state index contributed by atoms with van der Waals surface area (Å²) >= 11 is 6.54. The van der Waals surface area contributed by atoms with E-state index in [2.05, 4.69) is 31.9 Å². The number of imide groups is 1. The number of nitrogens with two attached hydrogens (primary N) is 1. The van der Waals surface area contributed by atoms with Crippen LogP contribution in [-0.4, -0.2) is 22.8 Å². The smallest absolute Gasteiger partial charge is 0.263 e. The largest absolute Gasteiger partial charge is 0.397 e. The third-order valence-corrected chi connectivity index (χ3v) is 4.13. The molecule has 2 rings (SSSR count). The van der Waals surface area contributed by atoms with Crippen molar-refractivity contribution in [1.82, 2.24) is 4.90 Å². The predicted octanol–water partition coefficient (Wildman–Crippen LogP) is 2.80. The summed E-state index contributed by atoms with van der Waals surface area (Å²) in [5.74, 6) is -0.576. The van der Waals surface area contributed by atoms with Gasteiger partial charge in [0.2, 0.25) is 0 Å². The fourth-order valence-electron chi connectivity index (χ4n) is 1.82. The first-order valence-electron chi connectivity index (χ1n) is 5.01. The van der Waals surface area contributed by atoms with Gasteiger partial charge in [-0.25, -0.2) is 0 Å². The second kappa shape index (κ2) is 4.10. The molecule has 90 valence electrons. The number of halogens is 2. The number of hydrogen-bond acceptors (Lipinski definition) is 3. The van der Waals surface area contributed by atoms with Crippen molar-refractivity contribution in [1.29, 1.82) is 0 Å². The first-order chi connectivity index (χ1) is 7.86. The Morgan fingerprint density at radius 2 is 1.82 bits per heavy atom. The molecule has 0 spiro atoms. The molecular weight excluding hydrogens is 352 g/mol. The Morgan fingerprint density at radius 1 is 1.24 bits per heavy atom. The monoisotopic (exact) mass is 360 g/mol. The molecule has 0 saturated carbocycles. The van der Waals surface area contributed by atoms with Crippen LogP contribution in [0.3, 0.4) is 0 Å². The summed E-state index contributed by atoms with van der Waals surface area (Å²) in [6.07, 6.45) is 0. The first-order valence-corrected chi connectivity index (χ1v) is 6.60. The summed E-state index contributed by atoms with van der Waals surface area (Å²) in [6, 6.07) is 1.42. The van der Waals surface area contributed by atoms with E-state index in [9.17, 15) is 9.59 Å². The summed E-state index contributed by atoms with van der Waals surface area (Å²) in [4.78, 5) is 25.5. The van der Waals surface area contributed by atoms with Crippen molar-refractivity contribution in [3.63, 3.8) is 0 Å². The number of nitrogen functional groups attached to an aromatic ring is 1. The van der Waals surface area contributed by atoms with Crippen molar-refractivity contribution >= 4 is 49.4 Å². The number of rotatable bonds is 1. The second-order valence-corrected chi connectivity index (χ2v) is 5.73. The fourth-order valence-corrected chi connectivity index (χ4v) is 3.11. The van der Waals surface area contributed by atoms with Gasteiger partial charge in [-0.3, -0.25) is 14.5 Å². The Kier molecular flexibility index (Phi) is 3.03. The minimum absolute atomic E-state index is 0.172. The number of anilines is 1. The topological polar surface area (TPSA) is 63.4 Å². The second-order valence-electron chi connectivity index (χ2n) is 4.08. The third-order valence-electron chi connectivity index (χ3n) is 2.65. The molecule has 0 fully saturated rings. The lowest BCUT2D eigenvalue weighted by Crippen LogP contribution is -2.35. The minimum Gasteiger partial charge on any atom is -0.397 e. The van der Waals surface area contributed by atoms with Crippen LogP contribution in [0, 0.1) is 0 Å². The standard InChI is InChI=1S/C11H10Br2N2O2/c1-4(2)15-10(16)5-3-6(12)9(14)8(13)7(5)11(15)17/h3-4H,14H2,1-2H3. The van der Waals surface area contributed by atoms with Gasteiger partial charge < -0.3 is 5.73 Å². The van der Waals surface area contributed by atoms with Crippen LogP contribution in [0.4, 0.5) is 5.69 Å². The zero-order chi connectivity index (χ0) is 12.9. The van der Waals surface area contributed by atoms with E-state index in [0.717, 1.165) is 0 Å². The molecule has 1 heterocycles. The van der Waals surface area contributed by atoms with Gasteiger partial charge in [0, 0.05) is 10.5 Å². The molecule has 2 amide bonds. The lowest BCUT2D eigenvalue weighted by molar-refractivity contribution is 0.0609. The van der Waals surface area contributed by atoms with Crippen LogP contribution in [0.25, 0.3) is 0 Å². The number of nitrogens with zero attached hydrogens (tertiary/aromatic N) is 1. The van der Waals surface area contributed by atoms with E-state index in [-0.39, 0.29) is 17.9 Å². The van der Waals surface area contributed by atoms with Crippen molar-refractivity contribution in [2.75, 3.05) is 5.73 Å². The summed E-state index contributed by atoms with van der Waals surface area (Å²) < 4.78 is 1.08. The molecule has 1 aromatic carbocycles. The van der Waals surface area contributed by atoms with Gasteiger partial charge in [0.05, 0.1) is 21.3 Å². The number of carbonyl (C=O) groups is 2. The quantitative estimate of drug-likeness (QED) is 0.618. The maximum atomic E-state index is 12.1. The van der Waals surface area contributed by atoms with Gasteiger partial charge in [-0.05, 0) is 51.8 Å². The Balaban J connectivity index is 2.70. The maximum absolute atomic E-state index is 12.1. The van der Waals surface area contributed by atoms with Gasteiger partial charge in [0.1, 0.15) is 0 Å². The highest BCUT2D eigenvalue weighted by atomic mass is 79.9. The van der Waals surface area contributed by atoms with Crippen LogP contribution < -0.4 is 5.73 Å². The normalized spacial score (nSPS) is 14.8. The van der Waals surface area contributed by atoms with Gasteiger partial charge in [-0.1, -0.05) is 0 Å². The number of fused-ring (bicyclic) bond motifs is 1. The summed E-state index contributed by atoms with van der Waals surface area (Å²) in [7, 11) is 0. The van der Waals surface area contributed by atoms with Gasteiger partial charge in [0.25, 0.3) is 11.8 Å². The zero-order valence-corrected chi connectivity index (χ0v) is 12.4. The number of hydrogen-bond donors (Lipinski definition) is 1. The number of amides is 2. The molecule has 1 aliphatic heterocycles. The van der Waals surface area contributed by atoms with E-state index < -0.39 is 0 Å². The van der Waals surface area contributed by atoms with Crippen LogP contribution in [0.5, 0.6) is 0 Å². The SMILES string of the molecule is CC(C)N1C(=O)c2cc(Br)c(N)c(Br)c2C1=O. The van der Waals surface area contributed by atoms with Crippen LogP contribution in [0.1, 0.15) is 34.6 Å².